The van der Waals surface area contributed by atoms with Gasteiger partial charge in [-0.1, -0.05) is 49.0 Å². The molecule has 0 aliphatic rings. The Kier molecular flexibility index (Phi) is 8.59. The average molecular weight is 368 g/mol. The van der Waals surface area contributed by atoms with Gasteiger partial charge in [0.1, 0.15) is 12.4 Å². The topological polar surface area (TPSA) is 44.8 Å². The lowest BCUT2D eigenvalue weighted by Gasteiger charge is -2.14. The molecule has 0 radical (unpaired) electrons. The summed E-state index contributed by atoms with van der Waals surface area (Å²) in [5.41, 5.74) is 2.96. The van der Waals surface area contributed by atoms with Crippen molar-refractivity contribution in [3.05, 3.63) is 77.9 Å². The lowest BCUT2D eigenvalue weighted by Crippen LogP contribution is -2.19. The Bertz CT molecular complexity index is 707. The summed E-state index contributed by atoms with van der Waals surface area (Å²) in [5.74, 6) is 0.472. The molecule has 4 heteroatoms. The van der Waals surface area contributed by atoms with Crippen LogP contribution in [0.3, 0.4) is 0 Å². The van der Waals surface area contributed by atoms with Crippen molar-refractivity contribution >= 4 is 5.97 Å². The first kappa shape index (κ1) is 20.7. The fourth-order valence-corrected chi connectivity index (χ4v) is 2.43. The summed E-state index contributed by atoms with van der Waals surface area (Å²) in [6.07, 6.45) is 1.53. The minimum atomic E-state index is -0.359. The summed E-state index contributed by atoms with van der Waals surface area (Å²) in [7, 11) is 0. The molecule has 2 aromatic carbocycles. The van der Waals surface area contributed by atoms with Crippen LogP contribution in [0, 0.1) is 0 Å². The molecule has 0 spiro atoms. The lowest BCUT2D eigenvalue weighted by molar-refractivity contribution is -0.139. The maximum absolute atomic E-state index is 11.2. The Hall–Kier alpha value is -2.59. The number of carbonyl (C=O) groups is 1. The molecule has 0 aromatic heterocycles. The van der Waals surface area contributed by atoms with Gasteiger partial charge < -0.3 is 14.2 Å². The molecule has 1 unspecified atom stereocenters. The van der Waals surface area contributed by atoms with E-state index in [4.69, 9.17) is 14.2 Å². The Balaban J connectivity index is 1.63. The van der Waals surface area contributed by atoms with E-state index >= 15 is 0 Å². The zero-order chi connectivity index (χ0) is 19.5. The van der Waals surface area contributed by atoms with Gasteiger partial charge in [-0.15, -0.1) is 0 Å². The summed E-state index contributed by atoms with van der Waals surface area (Å²) in [6, 6.07) is 18.5. The third-order valence-corrected chi connectivity index (χ3v) is 3.93. The van der Waals surface area contributed by atoms with E-state index in [0.717, 1.165) is 12.2 Å². The van der Waals surface area contributed by atoms with E-state index in [1.807, 2.05) is 25.1 Å². The van der Waals surface area contributed by atoms with Crippen molar-refractivity contribution in [2.45, 2.75) is 32.8 Å². The number of carbonyl (C=O) groups excluding carboxylic acids is 1. The molecule has 0 fully saturated rings. The van der Waals surface area contributed by atoms with Gasteiger partial charge in [-0.2, -0.15) is 0 Å². The fraction of sp³-hybridized carbons (Fsp3) is 0.348. The summed E-state index contributed by atoms with van der Waals surface area (Å²) < 4.78 is 16.5. The highest BCUT2D eigenvalue weighted by molar-refractivity contribution is 5.86. The van der Waals surface area contributed by atoms with E-state index in [-0.39, 0.29) is 12.1 Å². The Labute approximate surface area is 161 Å². The van der Waals surface area contributed by atoms with Crippen LogP contribution in [0.4, 0.5) is 0 Å². The van der Waals surface area contributed by atoms with E-state index in [9.17, 15) is 4.79 Å². The highest BCUT2D eigenvalue weighted by Gasteiger charge is 2.06. The van der Waals surface area contributed by atoms with Gasteiger partial charge in [0.25, 0.3) is 0 Å². The van der Waals surface area contributed by atoms with Gasteiger partial charge in [-0.25, -0.2) is 4.79 Å². The zero-order valence-corrected chi connectivity index (χ0v) is 16.1. The van der Waals surface area contributed by atoms with Crippen molar-refractivity contribution in [3.63, 3.8) is 0 Å². The van der Waals surface area contributed by atoms with Crippen LogP contribution in [0.5, 0.6) is 5.75 Å². The fourth-order valence-electron chi connectivity index (χ4n) is 2.43. The van der Waals surface area contributed by atoms with Gasteiger partial charge in [0.05, 0.1) is 19.3 Å². The lowest BCUT2D eigenvalue weighted by atomic mass is 10.1. The first-order valence-electron chi connectivity index (χ1n) is 9.24. The van der Waals surface area contributed by atoms with E-state index in [2.05, 4.69) is 43.0 Å². The van der Waals surface area contributed by atoms with Gasteiger partial charge in [0, 0.05) is 12.0 Å². The second-order valence-corrected chi connectivity index (χ2v) is 6.57. The molecule has 1 atom stereocenters. The molecule has 0 N–H and O–H groups in total. The van der Waals surface area contributed by atoms with E-state index in [0.29, 0.717) is 31.8 Å². The highest BCUT2D eigenvalue weighted by Crippen LogP contribution is 2.15. The van der Waals surface area contributed by atoms with Crippen LogP contribution in [0.15, 0.2) is 66.7 Å². The molecule has 0 aliphatic carbocycles. The van der Waals surface area contributed by atoms with Crippen LogP contribution in [0.2, 0.25) is 0 Å². The molecule has 2 rings (SSSR count). The maximum Gasteiger partial charge on any atom is 0.333 e. The third kappa shape index (κ3) is 8.09. The summed E-state index contributed by atoms with van der Waals surface area (Å²) in [6.45, 7) is 8.46. The third-order valence-electron chi connectivity index (χ3n) is 3.93. The van der Waals surface area contributed by atoms with Crippen LogP contribution in [-0.2, 0) is 20.7 Å². The zero-order valence-electron chi connectivity index (χ0n) is 16.1. The van der Waals surface area contributed by atoms with Gasteiger partial charge in [-0.05, 0) is 43.5 Å². The van der Waals surface area contributed by atoms with Gasteiger partial charge in [0.2, 0.25) is 0 Å². The van der Waals surface area contributed by atoms with Crippen LogP contribution in [-0.4, -0.2) is 31.9 Å². The predicted molar refractivity (Wildman–Crippen MR) is 107 cm³/mol. The SMILES string of the molecule is C=C(C)C(=O)OCCCOC(C)COc1ccc(Cc2ccccc2)cc1. The smallest absolute Gasteiger partial charge is 0.333 e. The van der Waals surface area contributed by atoms with Crippen molar-refractivity contribution in [2.75, 3.05) is 19.8 Å². The summed E-state index contributed by atoms with van der Waals surface area (Å²) in [4.78, 5) is 11.2. The Morgan fingerprint density at radius 3 is 2.33 bits per heavy atom. The molecule has 0 amide bonds. The van der Waals surface area contributed by atoms with Crippen molar-refractivity contribution in [1.29, 1.82) is 0 Å². The van der Waals surface area contributed by atoms with E-state index in [1.165, 1.54) is 11.1 Å². The normalized spacial score (nSPS) is 11.6. The summed E-state index contributed by atoms with van der Waals surface area (Å²) >= 11 is 0. The monoisotopic (exact) mass is 368 g/mol. The molecule has 27 heavy (non-hydrogen) atoms. The van der Waals surface area contributed by atoms with Crippen LogP contribution < -0.4 is 4.74 Å². The van der Waals surface area contributed by atoms with Crippen LogP contribution in [0.25, 0.3) is 0 Å². The summed E-state index contributed by atoms with van der Waals surface area (Å²) in [5, 5.41) is 0. The quantitative estimate of drug-likeness (QED) is 0.331. The molecule has 0 saturated heterocycles. The molecule has 0 saturated carbocycles. The first-order chi connectivity index (χ1) is 13.0. The average Bonchev–Trinajstić information content (AvgIpc) is 2.67. The van der Waals surface area contributed by atoms with Crippen LogP contribution >= 0.6 is 0 Å². The largest absolute Gasteiger partial charge is 0.491 e. The number of hydrogen-bond donors (Lipinski definition) is 0. The standard InChI is InChI=1S/C23H28O4/c1-18(2)23(24)26-15-7-14-25-19(3)17-27-22-12-10-21(11-13-22)16-20-8-5-4-6-9-20/h4-6,8-13,19H,1,7,14-17H2,2-3H3. The van der Waals surface area contributed by atoms with Crippen LogP contribution in [0.1, 0.15) is 31.4 Å². The first-order valence-corrected chi connectivity index (χ1v) is 9.24. The van der Waals surface area contributed by atoms with Crippen molar-refractivity contribution in [2.24, 2.45) is 0 Å². The molecule has 144 valence electrons. The second kappa shape index (κ2) is 11.2. The van der Waals surface area contributed by atoms with E-state index in [1.54, 1.807) is 6.92 Å². The van der Waals surface area contributed by atoms with E-state index < -0.39 is 0 Å². The molecule has 0 aliphatic heterocycles. The number of ether oxygens (including phenoxy) is 3. The van der Waals surface area contributed by atoms with Gasteiger partial charge >= 0.3 is 5.97 Å². The molecule has 4 nitrogen and oxygen atoms in total. The predicted octanol–water partition coefficient (Wildman–Crippen LogP) is 4.57. The number of benzene rings is 2. The maximum atomic E-state index is 11.2. The molecule has 2 aromatic rings. The van der Waals surface area contributed by atoms with Crippen molar-refractivity contribution in [1.82, 2.24) is 0 Å². The number of hydrogen-bond acceptors (Lipinski definition) is 4. The van der Waals surface area contributed by atoms with Gasteiger partial charge in [-0.3, -0.25) is 0 Å². The Morgan fingerprint density at radius 2 is 1.67 bits per heavy atom. The minimum absolute atomic E-state index is 0.0363. The number of rotatable bonds is 11. The molecule has 0 heterocycles. The minimum Gasteiger partial charge on any atom is -0.491 e. The second-order valence-electron chi connectivity index (χ2n) is 6.57. The molecular formula is C23H28O4. The Morgan fingerprint density at radius 1 is 1.00 bits per heavy atom. The highest BCUT2D eigenvalue weighted by atomic mass is 16.5. The van der Waals surface area contributed by atoms with Gasteiger partial charge in [0.15, 0.2) is 0 Å². The molecular weight excluding hydrogens is 340 g/mol. The molecule has 0 bridgehead atoms. The number of esters is 1. The van der Waals surface area contributed by atoms with Crippen molar-refractivity contribution in [3.8, 4) is 5.75 Å². The van der Waals surface area contributed by atoms with Crippen molar-refractivity contribution < 1.29 is 19.0 Å².